The van der Waals surface area contributed by atoms with E-state index in [2.05, 4.69) is 20.9 Å². The zero-order valence-electron chi connectivity index (χ0n) is 22.9. The molecule has 3 rings (SSSR count). The number of ketones is 1. The molecule has 1 aromatic heterocycles. The number of anilines is 1. The topological polar surface area (TPSA) is 137 Å². The molecule has 11 heteroatoms. The Morgan fingerprint density at radius 3 is 2.15 bits per heavy atom. The van der Waals surface area contributed by atoms with Crippen LogP contribution in [-0.2, 0) is 32.0 Å². The van der Waals surface area contributed by atoms with Crippen LogP contribution in [-0.4, -0.2) is 47.0 Å². The summed E-state index contributed by atoms with van der Waals surface area (Å²) in [4.78, 5) is 65.3. The van der Waals surface area contributed by atoms with Crippen molar-refractivity contribution in [2.24, 2.45) is 5.92 Å². The van der Waals surface area contributed by atoms with Crippen molar-refractivity contribution in [3.8, 4) is 11.3 Å². The van der Waals surface area contributed by atoms with E-state index in [0.29, 0.717) is 17.7 Å². The fourth-order valence-electron chi connectivity index (χ4n) is 4.15. The van der Waals surface area contributed by atoms with Crippen LogP contribution in [0.25, 0.3) is 11.3 Å². The monoisotopic (exact) mass is 566 g/mol. The number of amides is 3. The molecule has 0 aliphatic carbocycles. The molecule has 0 saturated heterocycles. The number of nitrogens with one attached hydrogen (secondary N) is 4. The second kappa shape index (κ2) is 13.6. The molecular weight excluding hydrogens is 534 g/mol. The molecular formula is C30H32F2N4O5. The number of aromatic amines is 1. The molecule has 0 fully saturated rings. The Balaban J connectivity index is 1.77. The standard InChI is InChI=1S/C30H32F2N4O5/c1-18(2)25(27(39)30(31,32)29(41)33-15-14-20-10-6-4-7-11-20)36-24(38)17-22-16-23(21-12-8-5-9-13-21)35-28(40)26(22)34-19(3)37/h4-13,16,18,25H,14-15,17H2,1-3H3,(H,33,41)(H,34,37)(H,35,40)(H,36,38). The smallest absolute Gasteiger partial charge is 0.350 e. The highest BCUT2D eigenvalue weighted by molar-refractivity contribution is 6.10. The highest BCUT2D eigenvalue weighted by atomic mass is 19.3. The first-order valence-electron chi connectivity index (χ1n) is 13.0. The summed E-state index contributed by atoms with van der Waals surface area (Å²) >= 11 is 0. The largest absolute Gasteiger partial charge is 0.383 e. The van der Waals surface area contributed by atoms with Crippen molar-refractivity contribution in [3.63, 3.8) is 0 Å². The Morgan fingerprint density at radius 2 is 1.56 bits per heavy atom. The maximum absolute atomic E-state index is 14.9. The summed E-state index contributed by atoms with van der Waals surface area (Å²) in [5, 5.41) is 6.78. The molecule has 0 aliphatic rings. The van der Waals surface area contributed by atoms with Gasteiger partial charge in [0, 0.05) is 19.2 Å². The Bertz CT molecular complexity index is 1460. The third kappa shape index (κ3) is 8.17. The zero-order valence-corrected chi connectivity index (χ0v) is 22.9. The van der Waals surface area contributed by atoms with Gasteiger partial charge in [-0.2, -0.15) is 8.78 Å². The summed E-state index contributed by atoms with van der Waals surface area (Å²) in [5.41, 5.74) is 1.09. The number of carbonyl (C=O) groups excluding carboxylic acids is 4. The molecule has 0 aliphatic heterocycles. The van der Waals surface area contributed by atoms with E-state index < -0.39 is 53.4 Å². The molecule has 3 aromatic rings. The Labute approximate surface area is 235 Å². The lowest BCUT2D eigenvalue weighted by Gasteiger charge is -2.25. The second-order valence-corrected chi connectivity index (χ2v) is 9.86. The number of rotatable bonds is 12. The number of alkyl halides is 2. The maximum Gasteiger partial charge on any atom is 0.383 e. The maximum atomic E-state index is 14.9. The SMILES string of the molecule is CC(=O)Nc1c(CC(=O)NC(C(=O)C(F)(F)C(=O)NCCc2ccccc2)C(C)C)cc(-c2ccccc2)[nH]c1=O. The lowest BCUT2D eigenvalue weighted by atomic mass is 9.94. The minimum absolute atomic E-state index is 0.108. The minimum Gasteiger partial charge on any atom is -0.350 e. The van der Waals surface area contributed by atoms with Gasteiger partial charge in [-0.05, 0) is 35.1 Å². The van der Waals surface area contributed by atoms with Crippen molar-refractivity contribution in [1.82, 2.24) is 15.6 Å². The van der Waals surface area contributed by atoms with Crippen LogP contribution in [0.3, 0.4) is 0 Å². The van der Waals surface area contributed by atoms with Gasteiger partial charge in [-0.1, -0.05) is 74.5 Å². The lowest BCUT2D eigenvalue weighted by Crippen LogP contribution is -2.56. The van der Waals surface area contributed by atoms with Crippen LogP contribution in [0.1, 0.15) is 31.9 Å². The average molecular weight is 567 g/mol. The number of carbonyl (C=O) groups is 4. The van der Waals surface area contributed by atoms with E-state index in [0.717, 1.165) is 5.56 Å². The number of hydrogen-bond donors (Lipinski definition) is 4. The number of benzene rings is 2. The molecule has 4 N–H and O–H groups in total. The first kappa shape index (κ1) is 30.9. The number of Topliss-reactive ketones (excluding diaryl/α,β-unsaturated/α-hetero) is 1. The second-order valence-electron chi connectivity index (χ2n) is 9.86. The molecule has 3 amide bonds. The predicted octanol–water partition coefficient (Wildman–Crippen LogP) is 3.25. The van der Waals surface area contributed by atoms with Crippen LogP contribution in [0.5, 0.6) is 0 Å². The van der Waals surface area contributed by atoms with Gasteiger partial charge in [0.2, 0.25) is 17.6 Å². The molecule has 0 bridgehead atoms. The van der Waals surface area contributed by atoms with Gasteiger partial charge in [0.05, 0.1) is 12.5 Å². The van der Waals surface area contributed by atoms with E-state index >= 15 is 0 Å². The molecule has 0 saturated carbocycles. The van der Waals surface area contributed by atoms with Crippen molar-refractivity contribution >= 4 is 29.2 Å². The number of hydrogen-bond acceptors (Lipinski definition) is 5. The highest BCUT2D eigenvalue weighted by Crippen LogP contribution is 2.23. The van der Waals surface area contributed by atoms with Gasteiger partial charge in [0.15, 0.2) is 0 Å². The van der Waals surface area contributed by atoms with E-state index in [4.69, 9.17) is 0 Å². The average Bonchev–Trinajstić information content (AvgIpc) is 2.93. The normalized spacial score (nSPS) is 12.0. The molecule has 1 heterocycles. The van der Waals surface area contributed by atoms with Gasteiger partial charge < -0.3 is 20.9 Å². The quantitative estimate of drug-likeness (QED) is 0.250. The summed E-state index contributed by atoms with van der Waals surface area (Å²) in [6, 6.07) is 17.4. The van der Waals surface area contributed by atoms with Crippen LogP contribution < -0.4 is 21.5 Å². The molecule has 1 atom stereocenters. The fraction of sp³-hybridized carbons (Fsp3) is 0.300. The molecule has 41 heavy (non-hydrogen) atoms. The van der Waals surface area contributed by atoms with Gasteiger partial charge in [0.25, 0.3) is 11.5 Å². The fourth-order valence-corrected chi connectivity index (χ4v) is 4.15. The van der Waals surface area contributed by atoms with Gasteiger partial charge >= 0.3 is 5.92 Å². The third-order valence-corrected chi connectivity index (χ3v) is 6.25. The van der Waals surface area contributed by atoms with Gasteiger partial charge in [-0.15, -0.1) is 0 Å². The van der Waals surface area contributed by atoms with Crippen LogP contribution in [0.2, 0.25) is 0 Å². The molecule has 0 radical (unpaired) electrons. The predicted molar refractivity (Wildman–Crippen MR) is 150 cm³/mol. The van der Waals surface area contributed by atoms with Crippen molar-refractivity contribution in [3.05, 3.63) is 88.2 Å². The summed E-state index contributed by atoms with van der Waals surface area (Å²) in [6.07, 6.45) is -0.219. The first-order chi connectivity index (χ1) is 19.4. The van der Waals surface area contributed by atoms with Crippen LogP contribution in [0, 0.1) is 5.92 Å². The highest BCUT2D eigenvalue weighted by Gasteiger charge is 2.51. The molecule has 2 aromatic carbocycles. The summed E-state index contributed by atoms with van der Waals surface area (Å²) in [6.45, 7) is 3.99. The van der Waals surface area contributed by atoms with Gasteiger partial charge in [0.1, 0.15) is 5.69 Å². The van der Waals surface area contributed by atoms with Gasteiger partial charge in [-0.3, -0.25) is 24.0 Å². The van der Waals surface area contributed by atoms with Crippen molar-refractivity contribution in [2.45, 2.75) is 45.6 Å². The third-order valence-electron chi connectivity index (χ3n) is 6.25. The Morgan fingerprint density at radius 1 is 0.951 bits per heavy atom. The first-order valence-corrected chi connectivity index (χ1v) is 13.0. The molecule has 9 nitrogen and oxygen atoms in total. The van der Waals surface area contributed by atoms with E-state index in [-0.39, 0.29) is 17.8 Å². The molecule has 0 spiro atoms. The summed E-state index contributed by atoms with van der Waals surface area (Å²) < 4.78 is 29.8. The van der Waals surface area contributed by atoms with E-state index in [1.54, 1.807) is 60.7 Å². The Hall–Kier alpha value is -4.67. The summed E-state index contributed by atoms with van der Waals surface area (Å²) in [7, 11) is 0. The van der Waals surface area contributed by atoms with Crippen LogP contribution in [0.15, 0.2) is 71.5 Å². The van der Waals surface area contributed by atoms with E-state index in [1.165, 1.54) is 26.8 Å². The number of aromatic nitrogens is 1. The minimum atomic E-state index is -4.40. The van der Waals surface area contributed by atoms with Crippen molar-refractivity contribution in [2.75, 3.05) is 11.9 Å². The Kier molecular flexibility index (Phi) is 10.2. The molecule has 216 valence electrons. The van der Waals surface area contributed by atoms with E-state index in [1.807, 2.05) is 0 Å². The zero-order chi connectivity index (χ0) is 30.2. The van der Waals surface area contributed by atoms with Crippen molar-refractivity contribution < 1.29 is 28.0 Å². The number of pyridine rings is 1. The number of H-pyrrole nitrogens is 1. The van der Waals surface area contributed by atoms with Crippen molar-refractivity contribution in [1.29, 1.82) is 0 Å². The number of halogens is 2. The summed E-state index contributed by atoms with van der Waals surface area (Å²) in [5.74, 6) is -10.1. The van der Waals surface area contributed by atoms with Gasteiger partial charge in [-0.25, -0.2) is 0 Å². The lowest BCUT2D eigenvalue weighted by molar-refractivity contribution is -0.161. The molecule has 1 unspecified atom stereocenters. The van der Waals surface area contributed by atoms with E-state index in [9.17, 15) is 32.8 Å². The van der Waals surface area contributed by atoms with Crippen LogP contribution in [0.4, 0.5) is 14.5 Å². The van der Waals surface area contributed by atoms with Crippen LogP contribution >= 0.6 is 0 Å².